The van der Waals surface area contributed by atoms with Crippen LogP contribution in [0.4, 0.5) is 0 Å². The van der Waals surface area contributed by atoms with Crippen LogP contribution in [-0.4, -0.2) is 49.2 Å². The summed E-state index contributed by atoms with van der Waals surface area (Å²) in [5, 5.41) is 0. The van der Waals surface area contributed by atoms with Crippen molar-refractivity contribution < 1.29 is 19.1 Å². The number of hydrogen-bond donors (Lipinski definition) is 0. The van der Waals surface area contributed by atoms with Crippen LogP contribution in [0.3, 0.4) is 0 Å². The van der Waals surface area contributed by atoms with Crippen LogP contribution in [-0.2, 0) is 19.1 Å². The lowest BCUT2D eigenvalue weighted by molar-refractivity contribution is -0.152. The Morgan fingerprint density at radius 1 is 1.06 bits per heavy atom. The van der Waals surface area contributed by atoms with Crippen LogP contribution in [0, 0.1) is 0 Å². The van der Waals surface area contributed by atoms with Crippen molar-refractivity contribution in [3.05, 3.63) is 0 Å². The second kappa shape index (κ2) is 7.50. The number of carbonyl (C=O) groups is 2. The normalized spacial score (nSPS) is 23.9. The predicted octanol–water partition coefficient (Wildman–Crippen LogP) is 0.997. The highest BCUT2D eigenvalue weighted by Crippen LogP contribution is 2.24. The molecule has 0 unspecified atom stereocenters. The van der Waals surface area contributed by atoms with E-state index in [2.05, 4.69) is 0 Å². The third-order valence-electron chi connectivity index (χ3n) is 2.81. The molecule has 0 spiro atoms. The molecule has 5 nitrogen and oxygen atoms in total. The number of likely N-dealkylation sites (N-methyl/N-ethyl adjacent to an activating group) is 1. The van der Waals surface area contributed by atoms with E-state index in [0.29, 0.717) is 26.1 Å². The Balaban J connectivity index is 0.00000256. The molecule has 100 valence electrons. The monoisotopic (exact) mass is 265 g/mol. The maximum atomic E-state index is 11.6. The summed E-state index contributed by atoms with van der Waals surface area (Å²) in [4.78, 5) is 24.9. The van der Waals surface area contributed by atoms with E-state index in [-0.39, 0.29) is 36.4 Å². The number of rotatable bonds is 4. The zero-order valence-corrected chi connectivity index (χ0v) is 11.3. The molecular weight excluding hydrogens is 246 g/mol. The van der Waals surface area contributed by atoms with Gasteiger partial charge in [0, 0.05) is 0 Å². The summed E-state index contributed by atoms with van der Waals surface area (Å²) in [6.07, 6.45) is 1.30. The van der Waals surface area contributed by atoms with Gasteiger partial charge in [-0.25, -0.2) is 0 Å². The van der Waals surface area contributed by atoms with Crippen LogP contribution < -0.4 is 0 Å². The van der Waals surface area contributed by atoms with Gasteiger partial charge in [0.25, 0.3) is 0 Å². The summed E-state index contributed by atoms with van der Waals surface area (Å²) >= 11 is 0. The van der Waals surface area contributed by atoms with E-state index in [1.807, 2.05) is 0 Å². The van der Waals surface area contributed by atoms with Gasteiger partial charge in [-0.05, 0) is 33.7 Å². The topological polar surface area (TPSA) is 55.8 Å². The summed E-state index contributed by atoms with van der Waals surface area (Å²) in [5.74, 6) is -0.506. The highest BCUT2D eigenvalue weighted by atomic mass is 35.5. The molecule has 0 radical (unpaired) electrons. The van der Waals surface area contributed by atoms with Crippen molar-refractivity contribution in [3.63, 3.8) is 0 Å². The molecule has 1 rings (SSSR count). The highest BCUT2D eigenvalue weighted by molar-refractivity contribution is 5.85. The van der Waals surface area contributed by atoms with E-state index in [1.165, 1.54) is 0 Å². The van der Waals surface area contributed by atoms with Crippen molar-refractivity contribution in [1.29, 1.82) is 0 Å². The van der Waals surface area contributed by atoms with Crippen molar-refractivity contribution in [1.82, 2.24) is 4.90 Å². The Bertz CT molecular complexity index is 246. The van der Waals surface area contributed by atoms with E-state index < -0.39 is 0 Å². The molecule has 0 aliphatic carbocycles. The summed E-state index contributed by atoms with van der Waals surface area (Å²) in [5.41, 5.74) is 0. The van der Waals surface area contributed by atoms with Gasteiger partial charge in [-0.3, -0.25) is 14.5 Å². The van der Waals surface area contributed by atoms with Crippen molar-refractivity contribution in [3.8, 4) is 0 Å². The number of ether oxygens (including phenoxy) is 2. The summed E-state index contributed by atoms with van der Waals surface area (Å²) in [7, 11) is 1.76. The molecule has 1 heterocycles. The summed E-state index contributed by atoms with van der Waals surface area (Å²) in [6, 6.07) is -0.622. The van der Waals surface area contributed by atoms with Crippen LogP contribution in [0.25, 0.3) is 0 Å². The van der Waals surface area contributed by atoms with Crippen molar-refractivity contribution >= 4 is 24.3 Å². The van der Waals surface area contributed by atoms with Gasteiger partial charge in [-0.2, -0.15) is 0 Å². The van der Waals surface area contributed by atoms with Gasteiger partial charge in [0.15, 0.2) is 0 Å². The molecule has 1 aliphatic heterocycles. The van der Waals surface area contributed by atoms with Crippen LogP contribution in [0.5, 0.6) is 0 Å². The summed E-state index contributed by atoms with van der Waals surface area (Å²) < 4.78 is 9.90. The summed E-state index contributed by atoms with van der Waals surface area (Å²) in [6.45, 7) is 4.28. The van der Waals surface area contributed by atoms with Gasteiger partial charge < -0.3 is 9.47 Å². The lowest BCUT2D eigenvalue weighted by atomic mass is 10.2. The molecule has 6 heteroatoms. The van der Waals surface area contributed by atoms with Gasteiger partial charge >= 0.3 is 11.9 Å². The number of likely N-dealkylation sites (tertiary alicyclic amines) is 1. The lowest BCUT2D eigenvalue weighted by Gasteiger charge is -2.22. The van der Waals surface area contributed by atoms with Crippen LogP contribution in [0.15, 0.2) is 0 Å². The second-order valence-corrected chi connectivity index (χ2v) is 3.78. The molecule has 0 bridgehead atoms. The minimum Gasteiger partial charge on any atom is -0.465 e. The van der Waals surface area contributed by atoms with Gasteiger partial charge in [-0.1, -0.05) is 0 Å². The molecule has 0 N–H and O–H groups in total. The Kier molecular flexibility index (Phi) is 7.15. The maximum Gasteiger partial charge on any atom is 0.323 e. The molecule has 1 aliphatic rings. The van der Waals surface area contributed by atoms with Crippen molar-refractivity contribution in [2.75, 3.05) is 20.3 Å². The smallest absolute Gasteiger partial charge is 0.323 e. The quantitative estimate of drug-likeness (QED) is 0.710. The van der Waals surface area contributed by atoms with Crippen molar-refractivity contribution in [2.24, 2.45) is 0 Å². The molecule has 0 saturated carbocycles. The molecule has 2 atom stereocenters. The number of nitrogens with zero attached hydrogens (tertiary/aromatic N) is 1. The van der Waals surface area contributed by atoms with E-state index in [1.54, 1.807) is 25.8 Å². The average Bonchev–Trinajstić information content (AvgIpc) is 2.61. The minimum absolute atomic E-state index is 0. The van der Waals surface area contributed by atoms with E-state index in [9.17, 15) is 9.59 Å². The van der Waals surface area contributed by atoms with Crippen LogP contribution >= 0.6 is 12.4 Å². The minimum atomic E-state index is -0.311. The SMILES string of the molecule is CCOC(=O)[C@H]1CC[C@@H](C(=O)OCC)N1C.Cl. The molecule has 0 aromatic rings. The lowest BCUT2D eigenvalue weighted by Crippen LogP contribution is -2.42. The maximum absolute atomic E-state index is 11.6. The number of halogens is 1. The molecule has 0 aromatic heterocycles. The Morgan fingerprint density at radius 3 is 1.71 bits per heavy atom. The first-order chi connectivity index (χ1) is 7.61. The first-order valence-corrected chi connectivity index (χ1v) is 5.67. The molecule has 17 heavy (non-hydrogen) atoms. The van der Waals surface area contributed by atoms with Gasteiger partial charge in [-0.15, -0.1) is 12.4 Å². The first-order valence-electron chi connectivity index (χ1n) is 5.67. The molecule has 1 fully saturated rings. The number of esters is 2. The standard InChI is InChI=1S/C11H19NO4.ClH/c1-4-15-10(13)8-6-7-9(12(8)3)11(14)16-5-2;/h8-9H,4-7H2,1-3H3;1H/t8-,9+;. The first kappa shape index (κ1) is 16.2. The number of carbonyl (C=O) groups excluding carboxylic acids is 2. The highest BCUT2D eigenvalue weighted by Gasteiger charge is 2.40. The number of hydrogen-bond acceptors (Lipinski definition) is 5. The fourth-order valence-corrected chi connectivity index (χ4v) is 1.99. The van der Waals surface area contributed by atoms with E-state index in [0.717, 1.165) is 0 Å². The van der Waals surface area contributed by atoms with Gasteiger partial charge in [0.05, 0.1) is 13.2 Å². The fraction of sp³-hybridized carbons (Fsp3) is 0.818. The van der Waals surface area contributed by atoms with Crippen LogP contribution in [0.2, 0.25) is 0 Å². The van der Waals surface area contributed by atoms with E-state index in [4.69, 9.17) is 9.47 Å². The predicted molar refractivity (Wildman–Crippen MR) is 65.1 cm³/mol. The molecule has 0 amide bonds. The molecule has 0 aromatic carbocycles. The zero-order valence-electron chi connectivity index (χ0n) is 10.5. The molecular formula is C11H20ClNO4. The third kappa shape index (κ3) is 3.85. The zero-order chi connectivity index (χ0) is 12.1. The van der Waals surface area contributed by atoms with Gasteiger partial charge in [0.1, 0.15) is 12.1 Å². The van der Waals surface area contributed by atoms with Gasteiger partial charge in [0.2, 0.25) is 0 Å². The van der Waals surface area contributed by atoms with Crippen LogP contribution in [0.1, 0.15) is 26.7 Å². The Morgan fingerprint density at radius 2 is 1.41 bits per heavy atom. The Labute approximate surface area is 108 Å². The Hall–Kier alpha value is -0.810. The third-order valence-corrected chi connectivity index (χ3v) is 2.81. The average molecular weight is 266 g/mol. The fourth-order valence-electron chi connectivity index (χ4n) is 1.99. The second-order valence-electron chi connectivity index (χ2n) is 3.78. The molecule has 1 saturated heterocycles. The van der Waals surface area contributed by atoms with E-state index >= 15 is 0 Å². The largest absolute Gasteiger partial charge is 0.465 e. The van der Waals surface area contributed by atoms with Crippen molar-refractivity contribution in [2.45, 2.75) is 38.8 Å².